The number of carbonyl (C=O) groups is 1. The Balaban J connectivity index is 2.29. The Hall–Kier alpha value is -2.13. The van der Waals surface area contributed by atoms with Crippen molar-refractivity contribution >= 4 is 28.1 Å². The second-order valence-electron chi connectivity index (χ2n) is 4.15. The van der Waals surface area contributed by atoms with Crippen LogP contribution >= 0.6 is 11.3 Å². The van der Waals surface area contributed by atoms with Gasteiger partial charge in [-0.2, -0.15) is 13.2 Å². The van der Waals surface area contributed by atoms with Crippen LogP contribution in [0.4, 0.5) is 24.0 Å². The molecule has 1 aromatic carbocycles. The molecule has 21 heavy (non-hydrogen) atoms. The summed E-state index contributed by atoms with van der Waals surface area (Å²) in [6.07, 6.45) is -4.62. The largest absolute Gasteiger partial charge is 0.418 e. The van der Waals surface area contributed by atoms with Crippen molar-refractivity contribution in [2.75, 3.05) is 10.7 Å². The molecule has 9 heteroatoms. The van der Waals surface area contributed by atoms with Crippen LogP contribution in [0.15, 0.2) is 23.6 Å². The van der Waals surface area contributed by atoms with Gasteiger partial charge in [-0.15, -0.1) is 11.3 Å². The van der Waals surface area contributed by atoms with Crippen molar-refractivity contribution in [3.05, 3.63) is 40.4 Å². The van der Waals surface area contributed by atoms with Crippen LogP contribution < -0.4 is 16.6 Å². The minimum Gasteiger partial charge on any atom is -0.324 e. The fourth-order valence-electron chi connectivity index (χ4n) is 1.63. The summed E-state index contributed by atoms with van der Waals surface area (Å²) in [6, 6.07) is 3.09. The molecule has 1 aromatic heterocycles. The molecule has 0 bridgehead atoms. The lowest BCUT2D eigenvalue weighted by Crippen LogP contribution is -2.18. The number of nitrogen functional groups attached to an aromatic ring is 1. The minimum atomic E-state index is -4.62. The average Bonchev–Trinajstić information content (AvgIpc) is 2.82. The van der Waals surface area contributed by atoms with Crippen LogP contribution in [0.1, 0.15) is 21.6 Å². The van der Waals surface area contributed by atoms with Crippen molar-refractivity contribution in [2.45, 2.75) is 13.1 Å². The second-order valence-corrected chi connectivity index (χ2v) is 5.01. The first-order chi connectivity index (χ1) is 9.81. The van der Waals surface area contributed by atoms with Gasteiger partial charge in [-0.05, 0) is 25.1 Å². The number of hydrazine groups is 1. The van der Waals surface area contributed by atoms with E-state index in [1.807, 2.05) is 5.43 Å². The highest BCUT2D eigenvalue weighted by atomic mass is 32.1. The number of alkyl halides is 3. The van der Waals surface area contributed by atoms with Crippen LogP contribution in [-0.4, -0.2) is 10.9 Å². The molecule has 0 aliphatic heterocycles. The average molecular weight is 316 g/mol. The number of aromatic nitrogens is 1. The SMILES string of the molecule is Cc1csc(NC(=O)c2ccc(NN)c(C(F)(F)F)c2)n1. The number of hydrogen-bond donors (Lipinski definition) is 3. The van der Waals surface area contributed by atoms with Gasteiger partial charge in [0.1, 0.15) is 0 Å². The van der Waals surface area contributed by atoms with Gasteiger partial charge in [0.25, 0.3) is 5.91 Å². The molecule has 0 aliphatic carbocycles. The van der Waals surface area contributed by atoms with Crippen molar-refractivity contribution in [1.29, 1.82) is 0 Å². The summed E-state index contributed by atoms with van der Waals surface area (Å²) < 4.78 is 38.6. The highest BCUT2D eigenvalue weighted by molar-refractivity contribution is 7.13. The Labute approximate surface area is 122 Å². The summed E-state index contributed by atoms with van der Waals surface area (Å²) in [5.74, 6) is 4.37. The third-order valence-electron chi connectivity index (χ3n) is 2.58. The molecule has 0 saturated carbocycles. The Morgan fingerprint density at radius 3 is 2.62 bits per heavy atom. The van der Waals surface area contributed by atoms with Gasteiger partial charge in [-0.25, -0.2) is 4.98 Å². The van der Waals surface area contributed by atoms with E-state index in [4.69, 9.17) is 5.84 Å². The van der Waals surface area contributed by atoms with E-state index in [1.165, 1.54) is 17.4 Å². The van der Waals surface area contributed by atoms with Gasteiger partial charge in [-0.3, -0.25) is 16.0 Å². The molecular weight excluding hydrogens is 305 g/mol. The number of nitrogens with one attached hydrogen (secondary N) is 2. The van der Waals surface area contributed by atoms with Gasteiger partial charge >= 0.3 is 6.18 Å². The zero-order valence-corrected chi connectivity index (χ0v) is 11.6. The number of thiazole rings is 1. The number of anilines is 2. The highest BCUT2D eigenvalue weighted by Crippen LogP contribution is 2.35. The summed E-state index contributed by atoms with van der Waals surface area (Å²) in [5.41, 5.74) is 1.24. The summed E-state index contributed by atoms with van der Waals surface area (Å²) in [5, 5.41) is 4.49. The summed E-state index contributed by atoms with van der Waals surface area (Å²) in [7, 11) is 0. The number of rotatable bonds is 3. The molecule has 112 valence electrons. The minimum absolute atomic E-state index is 0.130. The lowest BCUT2D eigenvalue weighted by Gasteiger charge is -2.13. The van der Waals surface area contributed by atoms with E-state index in [0.717, 1.165) is 12.1 Å². The Bertz CT molecular complexity index is 669. The van der Waals surface area contributed by atoms with Crippen LogP contribution in [-0.2, 0) is 6.18 Å². The molecule has 2 aromatic rings. The number of amides is 1. The fourth-order valence-corrected chi connectivity index (χ4v) is 2.31. The summed E-state index contributed by atoms with van der Waals surface area (Å²) in [6.45, 7) is 1.75. The maximum absolute atomic E-state index is 12.9. The van der Waals surface area contributed by atoms with Crippen molar-refractivity contribution in [1.82, 2.24) is 4.98 Å². The second kappa shape index (κ2) is 5.70. The normalized spacial score (nSPS) is 11.3. The molecule has 1 amide bonds. The van der Waals surface area contributed by atoms with Crippen LogP contribution in [0.3, 0.4) is 0 Å². The molecule has 0 radical (unpaired) electrons. The standard InChI is InChI=1S/C12H11F3N4OS/c1-6-5-21-11(17-6)18-10(20)7-2-3-9(19-16)8(4-7)12(13,14)15/h2-5,19H,16H2,1H3,(H,17,18,20). The van der Waals surface area contributed by atoms with E-state index in [-0.39, 0.29) is 11.3 Å². The van der Waals surface area contributed by atoms with Gasteiger partial charge in [0, 0.05) is 10.9 Å². The lowest BCUT2D eigenvalue weighted by molar-refractivity contribution is -0.137. The molecule has 1 heterocycles. The lowest BCUT2D eigenvalue weighted by atomic mass is 10.1. The molecule has 0 fully saturated rings. The zero-order valence-electron chi connectivity index (χ0n) is 10.8. The van der Waals surface area contributed by atoms with Crippen molar-refractivity contribution in [3.8, 4) is 0 Å². The first kappa shape index (κ1) is 15.3. The van der Waals surface area contributed by atoms with Gasteiger partial charge in [0.05, 0.1) is 16.9 Å². The molecule has 2 rings (SSSR count). The number of nitrogens with zero attached hydrogens (tertiary/aromatic N) is 1. The molecule has 0 unspecified atom stereocenters. The van der Waals surface area contributed by atoms with E-state index in [0.29, 0.717) is 10.8 Å². The van der Waals surface area contributed by atoms with Gasteiger partial charge in [0.2, 0.25) is 0 Å². The Morgan fingerprint density at radius 1 is 1.38 bits per heavy atom. The number of carbonyl (C=O) groups excluding carboxylic acids is 1. The molecule has 4 N–H and O–H groups in total. The number of benzene rings is 1. The van der Waals surface area contributed by atoms with Crippen molar-refractivity contribution in [2.24, 2.45) is 5.84 Å². The van der Waals surface area contributed by atoms with E-state index < -0.39 is 17.6 Å². The molecule has 0 saturated heterocycles. The van der Waals surface area contributed by atoms with E-state index >= 15 is 0 Å². The summed E-state index contributed by atoms with van der Waals surface area (Å²) in [4.78, 5) is 16.0. The predicted octanol–water partition coefficient (Wildman–Crippen LogP) is 3.01. The predicted molar refractivity (Wildman–Crippen MR) is 74.1 cm³/mol. The van der Waals surface area contributed by atoms with E-state index in [1.54, 1.807) is 12.3 Å². The van der Waals surface area contributed by atoms with Crippen molar-refractivity contribution in [3.63, 3.8) is 0 Å². The molecule has 5 nitrogen and oxygen atoms in total. The number of aryl methyl sites for hydroxylation is 1. The van der Waals surface area contributed by atoms with Crippen LogP contribution in [0.2, 0.25) is 0 Å². The molecule has 0 aliphatic rings. The zero-order chi connectivity index (χ0) is 15.6. The maximum atomic E-state index is 12.9. The monoisotopic (exact) mass is 316 g/mol. The van der Waals surface area contributed by atoms with Gasteiger partial charge in [0.15, 0.2) is 5.13 Å². The third-order valence-corrected chi connectivity index (χ3v) is 3.46. The van der Waals surface area contributed by atoms with Crippen LogP contribution in [0.25, 0.3) is 0 Å². The third kappa shape index (κ3) is 3.50. The van der Waals surface area contributed by atoms with Crippen LogP contribution in [0, 0.1) is 6.92 Å². The first-order valence-electron chi connectivity index (χ1n) is 5.72. The number of halogens is 3. The highest BCUT2D eigenvalue weighted by Gasteiger charge is 2.34. The van der Waals surface area contributed by atoms with E-state index in [9.17, 15) is 18.0 Å². The Kier molecular flexibility index (Phi) is 4.14. The fraction of sp³-hybridized carbons (Fsp3) is 0.167. The quantitative estimate of drug-likeness (QED) is 0.601. The van der Waals surface area contributed by atoms with Gasteiger partial charge in [-0.1, -0.05) is 0 Å². The number of hydrogen-bond acceptors (Lipinski definition) is 5. The van der Waals surface area contributed by atoms with E-state index in [2.05, 4.69) is 10.3 Å². The van der Waals surface area contributed by atoms with Crippen LogP contribution in [0.5, 0.6) is 0 Å². The Morgan fingerprint density at radius 2 is 2.10 bits per heavy atom. The van der Waals surface area contributed by atoms with Gasteiger partial charge < -0.3 is 5.43 Å². The molecule has 0 atom stereocenters. The van der Waals surface area contributed by atoms with Crippen molar-refractivity contribution < 1.29 is 18.0 Å². The first-order valence-corrected chi connectivity index (χ1v) is 6.60. The number of nitrogens with two attached hydrogens (primary N) is 1. The molecular formula is C12H11F3N4OS. The summed E-state index contributed by atoms with van der Waals surface area (Å²) >= 11 is 1.19. The maximum Gasteiger partial charge on any atom is 0.418 e. The topological polar surface area (TPSA) is 80.0 Å². The smallest absolute Gasteiger partial charge is 0.324 e. The molecule has 0 spiro atoms.